The SMILES string of the molecule is Cc1cc(NC(=O)c2ccnc(N(C)c3ccccc3)c2)ccc1Br. The third kappa shape index (κ3) is 4.06. The van der Waals surface area contributed by atoms with E-state index in [4.69, 9.17) is 0 Å². The van der Waals surface area contributed by atoms with Crippen LogP contribution >= 0.6 is 15.9 Å². The van der Waals surface area contributed by atoms with Crippen LogP contribution in [0.25, 0.3) is 0 Å². The number of pyridine rings is 1. The van der Waals surface area contributed by atoms with Crippen LogP contribution in [0.5, 0.6) is 0 Å². The molecule has 4 nitrogen and oxygen atoms in total. The van der Waals surface area contributed by atoms with Crippen molar-refractivity contribution in [1.29, 1.82) is 0 Å². The Morgan fingerprint density at radius 2 is 1.84 bits per heavy atom. The first kappa shape index (κ1) is 17.2. The van der Waals surface area contributed by atoms with Crippen molar-refractivity contribution in [2.75, 3.05) is 17.3 Å². The van der Waals surface area contributed by atoms with Crippen molar-refractivity contribution >= 4 is 39.0 Å². The molecule has 0 atom stereocenters. The van der Waals surface area contributed by atoms with Crippen LogP contribution in [0.15, 0.2) is 71.3 Å². The van der Waals surface area contributed by atoms with Crippen LogP contribution in [-0.4, -0.2) is 17.9 Å². The number of amides is 1. The number of nitrogens with zero attached hydrogens (tertiary/aromatic N) is 2. The molecular formula is C20H18BrN3O. The van der Waals surface area contributed by atoms with Crippen LogP contribution in [-0.2, 0) is 0 Å². The van der Waals surface area contributed by atoms with Gasteiger partial charge < -0.3 is 10.2 Å². The summed E-state index contributed by atoms with van der Waals surface area (Å²) in [4.78, 5) is 18.9. The number of carbonyl (C=O) groups excluding carboxylic acids is 1. The zero-order valence-corrected chi connectivity index (χ0v) is 15.6. The molecule has 0 aliphatic rings. The Morgan fingerprint density at radius 3 is 2.56 bits per heavy atom. The van der Waals surface area contributed by atoms with Gasteiger partial charge in [0.05, 0.1) is 0 Å². The Kier molecular flexibility index (Phi) is 5.14. The number of hydrogen-bond acceptors (Lipinski definition) is 3. The molecule has 0 saturated heterocycles. The van der Waals surface area contributed by atoms with Crippen LogP contribution < -0.4 is 10.2 Å². The first-order valence-electron chi connectivity index (χ1n) is 7.87. The number of halogens is 1. The molecular weight excluding hydrogens is 378 g/mol. The van der Waals surface area contributed by atoms with Gasteiger partial charge in [0.2, 0.25) is 0 Å². The van der Waals surface area contributed by atoms with Crippen LogP contribution in [0.4, 0.5) is 17.2 Å². The molecule has 1 N–H and O–H groups in total. The molecule has 5 heteroatoms. The Bertz CT molecular complexity index is 896. The molecule has 25 heavy (non-hydrogen) atoms. The fourth-order valence-electron chi connectivity index (χ4n) is 2.45. The maximum atomic E-state index is 12.6. The maximum Gasteiger partial charge on any atom is 0.255 e. The van der Waals surface area contributed by atoms with E-state index in [2.05, 4.69) is 26.2 Å². The van der Waals surface area contributed by atoms with E-state index in [1.54, 1.807) is 18.3 Å². The lowest BCUT2D eigenvalue weighted by molar-refractivity contribution is 0.102. The van der Waals surface area contributed by atoms with Crippen molar-refractivity contribution in [2.45, 2.75) is 6.92 Å². The van der Waals surface area contributed by atoms with E-state index < -0.39 is 0 Å². The number of anilines is 3. The first-order chi connectivity index (χ1) is 12.0. The van der Waals surface area contributed by atoms with Gasteiger partial charge in [-0.25, -0.2) is 4.98 Å². The lowest BCUT2D eigenvalue weighted by atomic mass is 10.2. The second-order valence-corrected chi connectivity index (χ2v) is 6.57. The fraction of sp³-hybridized carbons (Fsp3) is 0.100. The van der Waals surface area contributed by atoms with E-state index in [1.807, 2.05) is 67.4 Å². The van der Waals surface area contributed by atoms with E-state index in [1.165, 1.54) is 0 Å². The van der Waals surface area contributed by atoms with Gasteiger partial charge in [-0.05, 0) is 55.0 Å². The molecule has 0 radical (unpaired) electrons. The zero-order chi connectivity index (χ0) is 17.8. The van der Waals surface area contributed by atoms with Crippen molar-refractivity contribution in [3.63, 3.8) is 0 Å². The highest BCUT2D eigenvalue weighted by Gasteiger charge is 2.11. The highest BCUT2D eigenvalue weighted by molar-refractivity contribution is 9.10. The van der Waals surface area contributed by atoms with Crippen molar-refractivity contribution in [1.82, 2.24) is 4.98 Å². The molecule has 126 valence electrons. The summed E-state index contributed by atoms with van der Waals surface area (Å²) in [5, 5.41) is 2.93. The quantitative estimate of drug-likeness (QED) is 0.662. The summed E-state index contributed by atoms with van der Waals surface area (Å²) in [6.07, 6.45) is 1.65. The van der Waals surface area contributed by atoms with Gasteiger partial charge in [-0.2, -0.15) is 0 Å². The summed E-state index contributed by atoms with van der Waals surface area (Å²) in [7, 11) is 1.93. The lowest BCUT2D eigenvalue weighted by Gasteiger charge is -2.18. The van der Waals surface area contributed by atoms with Gasteiger partial charge >= 0.3 is 0 Å². The van der Waals surface area contributed by atoms with E-state index in [0.29, 0.717) is 11.4 Å². The second kappa shape index (κ2) is 7.49. The molecule has 0 unspecified atom stereocenters. The second-order valence-electron chi connectivity index (χ2n) is 5.72. The normalized spacial score (nSPS) is 10.4. The molecule has 3 rings (SSSR count). The standard InChI is InChI=1S/C20H18BrN3O/c1-14-12-16(8-9-18(14)21)23-20(25)15-10-11-22-19(13-15)24(2)17-6-4-3-5-7-17/h3-13H,1-2H3,(H,23,25). The van der Waals surface area contributed by atoms with E-state index in [-0.39, 0.29) is 5.91 Å². The van der Waals surface area contributed by atoms with Gasteiger partial charge in [-0.15, -0.1) is 0 Å². The van der Waals surface area contributed by atoms with Crippen molar-refractivity contribution in [3.05, 3.63) is 82.5 Å². The molecule has 0 saturated carbocycles. The number of benzene rings is 2. The van der Waals surface area contributed by atoms with Crippen LogP contribution in [0.3, 0.4) is 0 Å². The Hall–Kier alpha value is -2.66. The van der Waals surface area contributed by atoms with E-state index in [9.17, 15) is 4.79 Å². The minimum Gasteiger partial charge on any atom is -0.329 e. The van der Waals surface area contributed by atoms with Crippen LogP contribution in [0.1, 0.15) is 15.9 Å². The highest BCUT2D eigenvalue weighted by Crippen LogP contribution is 2.23. The molecule has 1 amide bonds. The average Bonchev–Trinajstić information content (AvgIpc) is 2.65. The third-order valence-electron chi connectivity index (χ3n) is 3.91. The van der Waals surface area contributed by atoms with Crippen LogP contribution in [0, 0.1) is 6.92 Å². The minimum absolute atomic E-state index is 0.160. The molecule has 0 spiro atoms. The van der Waals surface area contributed by atoms with Gasteiger partial charge in [0.25, 0.3) is 5.91 Å². The Labute approximate surface area is 155 Å². The number of para-hydroxylation sites is 1. The number of aromatic nitrogens is 1. The van der Waals surface area contributed by atoms with Crippen LogP contribution in [0.2, 0.25) is 0 Å². The molecule has 0 aliphatic carbocycles. The van der Waals surface area contributed by atoms with E-state index in [0.717, 1.165) is 21.4 Å². The maximum absolute atomic E-state index is 12.6. The number of aryl methyl sites for hydroxylation is 1. The molecule has 1 aromatic heterocycles. The molecule has 0 bridgehead atoms. The van der Waals surface area contributed by atoms with Gasteiger partial charge in [0.1, 0.15) is 5.82 Å². The lowest BCUT2D eigenvalue weighted by Crippen LogP contribution is -2.15. The highest BCUT2D eigenvalue weighted by atomic mass is 79.9. The Morgan fingerprint density at radius 1 is 1.08 bits per heavy atom. The molecule has 0 fully saturated rings. The van der Waals surface area contributed by atoms with Gasteiger partial charge in [-0.1, -0.05) is 34.1 Å². The summed E-state index contributed by atoms with van der Waals surface area (Å²) >= 11 is 3.46. The monoisotopic (exact) mass is 395 g/mol. The number of hydrogen-bond donors (Lipinski definition) is 1. The van der Waals surface area contributed by atoms with Crippen molar-refractivity contribution < 1.29 is 4.79 Å². The van der Waals surface area contributed by atoms with Gasteiger partial charge in [0, 0.05) is 34.7 Å². The number of carbonyl (C=O) groups is 1. The largest absolute Gasteiger partial charge is 0.329 e. The summed E-state index contributed by atoms with van der Waals surface area (Å²) < 4.78 is 1.01. The number of rotatable bonds is 4. The summed E-state index contributed by atoms with van der Waals surface area (Å²) in [5.41, 5.74) is 3.40. The predicted octanol–water partition coefficient (Wildman–Crippen LogP) is 5.17. The minimum atomic E-state index is -0.160. The summed E-state index contributed by atoms with van der Waals surface area (Å²) in [5.74, 6) is 0.553. The average molecular weight is 396 g/mol. The zero-order valence-electron chi connectivity index (χ0n) is 14.0. The van der Waals surface area contributed by atoms with Crippen molar-refractivity contribution in [3.8, 4) is 0 Å². The van der Waals surface area contributed by atoms with Gasteiger partial charge in [-0.3, -0.25) is 4.79 Å². The topological polar surface area (TPSA) is 45.2 Å². The molecule has 0 aliphatic heterocycles. The Balaban J connectivity index is 1.81. The van der Waals surface area contributed by atoms with Gasteiger partial charge in [0.15, 0.2) is 0 Å². The summed E-state index contributed by atoms with van der Waals surface area (Å²) in [6.45, 7) is 1.99. The number of nitrogens with one attached hydrogen (secondary N) is 1. The third-order valence-corrected chi connectivity index (χ3v) is 4.80. The molecule has 2 aromatic carbocycles. The molecule has 1 heterocycles. The first-order valence-corrected chi connectivity index (χ1v) is 8.66. The molecule has 3 aromatic rings. The van der Waals surface area contributed by atoms with E-state index >= 15 is 0 Å². The fourth-order valence-corrected chi connectivity index (χ4v) is 2.70. The van der Waals surface area contributed by atoms with Crippen molar-refractivity contribution in [2.24, 2.45) is 0 Å². The smallest absolute Gasteiger partial charge is 0.255 e. The summed E-state index contributed by atoms with van der Waals surface area (Å²) in [6, 6.07) is 19.1. The predicted molar refractivity (Wildman–Crippen MR) is 106 cm³/mol.